The number of esters is 1. The Kier molecular flexibility index (Phi) is 14.5. The minimum absolute atomic E-state index is 0.274. The number of aryl methyl sites for hydroxylation is 1. The molecule has 19 heteroatoms. The fourth-order valence-corrected chi connectivity index (χ4v) is 9.83. The summed E-state index contributed by atoms with van der Waals surface area (Å²) < 4.78 is 34.7. The highest BCUT2D eigenvalue weighted by atomic mass is 16.7. The van der Waals surface area contributed by atoms with Crippen LogP contribution in [0.2, 0.25) is 0 Å². The minimum Gasteiger partial charge on any atom is -0.458 e. The van der Waals surface area contributed by atoms with Crippen molar-refractivity contribution < 1.29 is 48.3 Å². The van der Waals surface area contributed by atoms with E-state index < -0.39 is 83.7 Å². The van der Waals surface area contributed by atoms with Gasteiger partial charge in [-0.1, -0.05) is 36.4 Å². The molecule has 5 heterocycles. The number of aromatic nitrogens is 6. The largest absolute Gasteiger partial charge is 0.458 e. The second-order valence-corrected chi connectivity index (χ2v) is 17.7. The molecule has 3 N–H and O–H groups in total. The molecule has 0 saturated carbocycles. The predicted octanol–water partition coefficient (Wildman–Crippen LogP) is 2.16. The first-order valence-corrected chi connectivity index (χ1v) is 21.4. The number of likely N-dealkylation sites (N-methyl/N-ethyl adjacent to an activating group) is 1. The summed E-state index contributed by atoms with van der Waals surface area (Å²) in [6.07, 6.45) is -1.67. The maximum absolute atomic E-state index is 14.3. The number of amides is 1. The fourth-order valence-electron chi connectivity index (χ4n) is 9.83. The zero-order valence-corrected chi connectivity index (χ0v) is 37.1. The van der Waals surface area contributed by atoms with Crippen LogP contribution in [0.1, 0.15) is 79.8 Å². The Bertz CT molecular complexity index is 1980. The Hall–Kier alpha value is -4.11. The number of ether oxygens (including phenoxy) is 5. The van der Waals surface area contributed by atoms with E-state index in [9.17, 15) is 24.6 Å². The van der Waals surface area contributed by atoms with E-state index in [1.54, 1.807) is 47.1 Å². The summed E-state index contributed by atoms with van der Waals surface area (Å²) >= 11 is 0. The minimum atomic E-state index is -1.27. The summed E-state index contributed by atoms with van der Waals surface area (Å²) in [6.45, 7) is 13.6. The lowest BCUT2D eigenvalue weighted by atomic mass is 9.79. The number of carbonyl (C=O) groups is 3. The van der Waals surface area contributed by atoms with E-state index in [2.05, 4.69) is 25.9 Å². The fraction of sp³-hybridized carbons (Fsp3) is 0.738. The van der Waals surface area contributed by atoms with Crippen LogP contribution in [0.15, 0.2) is 30.5 Å². The quantitative estimate of drug-likeness (QED) is 0.128. The number of nitrogens with one attached hydrogen (secondary N) is 1. The Morgan fingerprint density at radius 1 is 1.03 bits per heavy atom. The zero-order valence-electron chi connectivity index (χ0n) is 37.1. The van der Waals surface area contributed by atoms with Crippen molar-refractivity contribution in [1.82, 2.24) is 45.1 Å². The van der Waals surface area contributed by atoms with E-state index in [4.69, 9.17) is 23.7 Å². The van der Waals surface area contributed by atoms with Gasteiger partial charge in [0.2, 0.25) is 0 Å². The Morgan fingerprint density at radius 3 is 2.43 bits per heavy atom. The van der Waals surface area contributed by atoms with Gasteiger partial charge in [0.1, 0.15) is 35.4 Å². The summed E-state index contributed by atoms with van der Waals surface area (Å²) in [5.41, 5.74) is 0.0306. The van der Waals surface area contributed by atoms with Crippen molar-refractivity contribution in [1.29, 1.82) is 0 Å². The number of methoxy groups -OCH3 is 1. The number of Topliss-reactive ketones (excluding diaryl/α,β-unsaturated/α-hetero) is 1. The van der Waals surface area contributed by atoms with Gasteiger partial charge in [-0.2, -0.15) is 0 Å². The Morgan fingerprint density at radius 2 is 1.75 bits per heavy atom. The molecule has 13 atom stereocenters. The number of para-hydroxylation sites is 1. The van der Waals surface area contributed by atoms with Crippen molar-refractivity contribution in [2.75, 3.05) is 34.4 Å². The third kappa shape index (κ3) is 9.47. The molecule has 1 amide bonds. The number of rotatable bonds is 13. The third-order valence-electron chi connectivity index (χ3n) is 12.9. The maximum atomic E-state index is 14.3. The van der Waals surface area contributed by atoms with Crippen LogP contribution in [0.3, 0.4) is 0 Å². The lowest BCUT2D eigenvalue weighted by Crippen LogP contribution is -2.62. The molecule has 0 radical (unpaired) electrons. The monoisotopic (exact) mass is 855 g/mol. The maximum Gasteiger partial charge on any atom is 0.410 e. The first-order valence-electron chi connectivity index (χ1n) is 21.4. The van der Waals surface area contributed by atoms with Gasteiger partial charge in [-0.05, 0) is 86.5 Å². The summed E-state index contributed by atoms with van der Waals surface area (Å²) in [5, 5.41) is 42.2. The lowest BCUT2D eigenvalue weighted by molar-refractivity contribution is -0.245. The highest BCUT2D eigenvalue weighted by Gasteiger charge is 2.59. The standard InChI is InChI=1S/C42H65N9O10/c1-11-32-42(7)36(50(40(56)61-42)19-15-14-18-49-21-28(44-46-49)22-51-30-17-13-12-16-29(30)45-47-51)27(5)43-24(2)20-41(6,57-10)37(25(3)34(53)26(4)38(55)59-32)60-39-35(54)33(48(8)9)31(23-52)58-39/h12-13,16-17,21,24-27,31-33,35-37,39,43,52,54H,11,14-15,18-20,22-23H2,1-10H3/t24-,25+,26-,27-,31-,32-,33-,35+,36-,37-,39+,41+,42-/m1/s1. The molecule has 0 unspecified atom stereocenters. The van der Waals surface area contributed by atoms with Crippen molar-refractivity contribution in [3.05, 3.63) is 36.2 Å². The average Bonchev–Trinajstić information content (AvgIpc) is 3.99. The number of hydrogen-bond acceptors (Lipinski definition) is 16. The number of hydrogen-bond donors (Lipinski definition) is 3. The van der Waals surface area contributed by atoms with Crippen molar-refractivity contribution >= 4 is 28.9 Å². The highest BCUT2D eigenvalue weighted by molar-refractivity contribution is 6.00. The summed E-state index contributed by atoms with van der Waals surface area (Å²) in [6, 6.07) is 5.92. The molecule has 0 aliphatic carbocycles. The lowest BCUT2D eigenvalue weighted by Gasteiger charge is -2.45. The van der Waals surface area contributed by atoms with Gasteiger partial charge < -0.3 is 44.1 Å². The molecule has 2 aromatic heterocycles. The van der Waals surface area contributed by atoms with E-state index in [1.807, 2.05) is 58.2 Å². The number of aliphatic hydroxyl groups excluding tert-OH is 2. The summed E-state index contributed by atoms with van der Waals surface area (Å²) in [5.74, 6) is -3.35. The SMILES string of the molecule is CC[C@H]1OC(=O)[C@H](C)C(=O)[C@H](C)[C@@H](O[C@@H]2O[C@H](CO)[C@@H](N(C)C)[C@@H]2O)[C@@](C)(OC)C[C@@H](C)N[C@H](C)[C@H]2N(CCCCn3cc(Cn4nnc5ccccc54)nn3)C(=O)O[C@]12C. The van der Waals surface area contributed by atoms with E-state index in [0.29, 0.717) is 45.3 Å². The molecule has 61 heavy (non-hydrogen) atoms. The van der Waals surface area contributed by atoms with Gasteiger partial charge in [-0.15, -0.1) is 10.2 Å². The Labute approximate surface area is 357 Å². The molecule has 0 spiro atoms. The van der Waals surface area contributed by atoms with Crippen LogP contribution in [0.5, 0.6) is 0 Å². The zero-order chi connectivity index (χ0) is 44.4. The number of fused-ring (bicyclic) bond motifs is 2. The van der Waals surface area contributed by atoms with Gasteiger partial charge in [-0.25, -0.2) is 9.48 Å². The van der Waals surface area contributed by atoms with E-state index >= 15 is 0 Å². The molecule has 3 aromatic rings. The van der Waals surface area contributed by atoms with Gasteiger partial charge in [0.25, 0.3) is 0 Å². The average molecular weight is 856 g/mol. The van der Waals surface area contributed by atoms with Gasteiger partial charge in [0.05, 0.1) is 48.7 Å². The van der Waals surface area contributed by atoms with Crippen LogP contribution in [0, 0.1) is 11.8 Å². The van der Waals surface area contributed by atoms with Crippen LogP contribution in [0.25, 0.3) is 11.0 Å². The number of aliphatic hydroxyl groups is 2. The molecule has 3 fully saturated rings. The van der Waals surface area contributed by atoms with Gasteiger partial charge >= 0.3 is 12.1 Å². The highest BCUT2D eigenvalue weighted by Crippen LogP contribution is 2.40. The molecule has 338 valence electrons. The van der Waals surface area contributed by atoms with E-state index in [0.717, 1.165) is 16.7 Å². The predicted molar refractivity (Wildman–Crippen MR) is 221 cm³/mol. The molecular formula is C42H65N9O10. The van der Waals surface area contributed by atoms with Gasteiger partial charge in [0.15, 0.2) is 17.7 Å². The number of benzene rings is 1. The first-order chi connectivity index (χ1) is 29.0. The first kappa shape index (κ1) is 46.4. The molecule has 3 aliphatic rings. The number of nitrogens with zero attached hydrogens (tertiary/aromatic N) is 8. The van der Waals surface area contributed by atoms with Gasteiger partial charge in [-0.3, -0.25) is 19.2 Å². The molecule has 3 saturated heterocycles. The second kappa shape index (κ2) is 19.1. The van der Waals surface area contributed by atoms with Crippen molar-refractivity contribution in [3.63, 3.8) is 0 Å². The van der Waals surface area contributed by atoms with Gasteiger partial charge in [0, 0.05) is 38.2 Å². The third-order valence-corrected chi connectivity index (χ3v) is 12.9. The number of unbranched alkanes of at least 4 members (excludes halogenated alkanes) is 1. The Balaban J connectivity index is 1.20. The molecule has 0 bridgehead atoms. The van der Waals surface area contributed by atoms with Crippen molar-refractivity contribution in [2.45, 2.75) is 153 Å². The number of ketones is 1. The molecule has 19 nitrogen and oxygen atoms in total. The molecule has 6 rings (SSSR count). The molecule has 1 aromatic carbocycles. The number of carbonyl (C=O) groups excluding carboxylic acids is 3. The second-order valence-electron chi connectivity index (χ2n) is 17.7. The van der Waals surface area contributed by atoms with Crippen LogP contribution < -0.4 is 5.32 Å². The normalized spacial score (nSPS) is 35.4. The van der Waals surface area contributed by atoms with Crippen LogP contribution >= 0.6 is 0 Å². The van der Waals surface area contributed by atoms with Crippen molar-refractivity contribution in [2.24, 2.45) is 11.8 Å². The smallest absolute Gasteiger partial charge is 0.410 e. The van der Waals surface area contributed by atoms with Crippen LogP contribution in [0.4, 0.5) is 4.79 Å². The molecular weight excluding hydrogens is 791 g/mol. The number of cyclic esters (lactones) is 1. The summed E-state index contributed by atoms with van der Waals surface area (Å²) in [7, 11) is 5.07. The summed E-state index contributed by atoms with van der Waals surface area (Å²) in [4.78, 5) is 45.6. The van der Waals surface area contributed by atoms with E-state index in [1.165, 1.54) is 14.0 Å². The topological polar surface area (TPSA) is 218 Å². The van der Waals surface area contributed by atoms with Crippen molar-refractivity contribution in [3.8, 4) is 0 Å². The van der Waals surface area contributed by atoms with E-state index in [-0.39, 0.29) is 18.7 Å². The van der Waals surface area contributed by atoms with Crippen LogP contribution in [-0.2, 0) is 46.4 Å². The van der Waals surface area contributed by atoms with Crippen LogP contribution in [-0.4, -0.2) is 168 Å². The molecule has 3 aliphatic heterocycles.